The van der Waals surface area contributed by atoms with Crippen LogP contribution in [-0.4, -0.2) is 65.0 Å². The van der Waals surface area contributed by atoms with Gasteiger partial charge in [0.25, 0.3) is 5.91 Å². The van der Waals surface area contributed by atoms with Gasteiger partial charge in [0.05, 0.1) is 42.2 Å². The molecule has 0 radical (unpaired) electrons. The number of carbonyl (C=O) groups excluding carboxylic acids is 1. The third kappa shape index (κ3) is 3.54. The first kappa shape index (κ1) is 19.9. The van der Waals surface area contributed by atoms with Crippen molar-refractivity contribution in [2.75, 3.05) is 31.8 Å². The van der Waals surface area contributed by atoms with Crippen LogP contribution in [0.3, 0.4) is 0 Å². The molecule has 0 aliphatic carbocycles. The lowest BCUT2D eigenvalue weighted by atomic mass is 9.94. The Kier molecular flexibility index (Phi) is 5.08. The Hall–Kier alpha value is -3.03. The van der Waals surface area contributed by atoms with Gasteiger partial charge in [0.1, 0.15) is 0 Å². The fourth-order valence-corrected chi connectivity index (χ4v) is 4.67. The highest BCUT2D eigenvalue weighted by molar-refractivity contribution is 6.10. The maximum atomic E-state index is 13.6. The highest BCUT2D eigenvalue weighted by atomic mass is 16.5. The van der Waals surface area contributed by atoms with E-state index in [1.54, 1.807) is 11.1 Å². The van der Waals surface area contributed by atoms with Crippen molar-refractivity contribution in [3.8, 4) is 0 Å². The minimum atomic E-state index is -0.677. The monoisotopic (exact) mass is 418 g/mol. The zero-order valence-corrected chi connectivity index (χ0v) is 17.8. The van der Waals surface area contributed by atoms with Crippen molar-refractivity contribution in [3.05, 3.63) is 65.1 Å². The van der Waals surface area contributed by atoms with Crippen molar-refractivity contribution in [2.45, 2.75) is 31.9 Å². The van der Waals surface area contributed by atoms with E-state index in [0.717, 1.165) is 33.4 Å². The Morgan fingerprint density at radius 2 is 2.13 bits per heavy atom. The number of aromatic nitrogens is 2. The van der Waals surface area contributed by atoms with E-state index in [2.05, 4.69) is 27.0 Å². The van der Waals surface area contributed by atoms with Crippen LogP contribution in [0.5, 0.6) is 0 Å². The number of nitrogens with zero attached hydrogens (tertiary/aromatic N) is 4. The van der Waals surface area contributed by atoms with Gasteiger partial charge >= 0.3 is 0 Å². The van der Waals surface area contributed by atoms with Crippen LogP contribution >= 0.6 is 0 Å². The first-order valence-electron chi connectivity index (χ1n) is 10.6. The summed E-state index contributed by atoms with van der Waals surface area (Å²) >= 11 is 0. The van der Waals surface area contributed by atoms with Crippen LogP contribution in [-0.2, 0) is 11.2 Å². The molecule has 160 valence electrons. The Bertz CT molecular complexity index is 1130. The van der Waals surface area contributed by atoms with E-state index < -0.39 is 6.10 Å². The average Bonchev–Trinajstić information content (AvgIpc) is 2.78. The molecule has 7 heteroatoms. The number of amides is 1. The van der Waals surface area contributed by atoms with E-state index in [1.165, 1.54) is 0 Å². The van der Waals surface area contributed by atoms with Crippen molar-refractivity contribution in [2.24, 2.45) is 0 Å². The summed E-state index contributed by atoms with van der Waals surface area (Å²) in [6, 6.07) is 9.81. The molecule has 0 bridgehead atoms. The number of aliphatic hydroxyl groups excluding tert-OH is 1. The molecular weight excluding hydrogens is 392 g/mol. The fourth-order valence-electron chi connectivity index (χ4n) is 4.67. The van der Waals surface area contributed by atoms with Gasteiger partial charge in [-0.15, -0.1) is 0 Å². The average molecular weight is 418 g/mol. The van der Waals surface area contributed by atoms with Crippen molar-refractivity contribution >= 4 is 22.5 Å². The van der Waals surface area contributed by atoms with Gasteiger partial charge in [0.15, 0.2) is 0 Å². The van der Waals surface area contributed by atoms with Crippen molar-refractivity contribution in [3.63, 3.8) is 0 Å². The van der Waals surface area contributed by atoms with Gasteiger partial charge in [0.2, 0.25) is 0 Å². The number of hydrogen-bond donors (Lipinski definition) is 1. The van der Waals surface area contributed by atoms with Crippen LogP contribution in [0.1, 0.15) is 33.6 Å². The summed E-state index contributed by atoms with van der Waals surface area (Å²) in [4.78, 5) is 26.5. The number of hydrogen-bond acceptors (Lipinski definition) is 6. The molecule has 4 heterocycles. The molecule has 2 aliphatic rings. The summed E-state index contributed by atoms with van der Waals surface area (Å²) in [5, 5.41) is 11.5. The molecule has 0 unspecified atom stereocenters. The lowest BCUT2D eigenvalue weighted by Crippen LogP contribution is -2.56. The molecule has 5 rings (SSSR count). The number of benzene rings is 1. The number of fused-ring (bicyclic) bond motifs is 3. The highest BCUT2D eigenvalue weighted by Gasteiger charge is 2.38. The van der Waals surface area contributed by atoms with E-state index in [0.29, 0.717) is 31.7 Å². The maximum Gasteiger partial charge on any atom is 0.257 e. The fraction of sp³-hybridized carbons (Fsp3) is 0.375. The third-order valence-electron chi connectivity index (χ3n) is 6.25. The molecule has 0 saturated carbocycles. The normalized spacial score (nSPS) is 21.5. The SMILES string of the molecule is Cc1ccc(Cc2cc3c(c4ncccc24)N(C)CN([C@H]2CCOC[C@@H]2O)C3=O)cn1. The number of rotatable bonds is 3. The molecule has 2 aliphatic heterocycles. The number of carbonyl (C=O) groups is 1. The topological polar surface area (TPSA) is 78.8 Å². The van der Waals surface area contributed by atoms with Gasteiger partial charge in [-0.05, 0) is 49.1 Å². The minimum Gasteiger partial charge on any atom is -0.389 e. The second kappa shape index (κ2) is 7.90. The lowest BCUT2D eigenvalue weighted by molar-refractivity contribution is -0.0575. The predicted octanol–water partition coefficient (Wildman–Crippen LogP) is 2.53. The van der Waals surface area contributed by atoms with Crippen molar-refractivity contribution < 1.29 is 14.6 Å². The van der Waals surface area contributed by atoms with E-state index in [9.17, 15) is 9.90 Å². The van der Waals surface area contributed by atoms with E-state index in [1.807, 2.05) is 38.4 Å². The minimum absolute atomic E-state index is 0.0603. The first-order valence-corrected chi connectivity index (χ1v) is 10.6. The number of aliphatic hydroxyl groups is 1. The Morgan fingerprint density at radius 3 is 2.90 bits per heavy atom. The summed E-state index contributed by atoms with van der Waals surface area (Å²) in [5.74, 6) is -0.0603. The lowest BCUT2D eigenvalue weighted by Gasteiger charge is -2.43. The highest BCUT2D eigenvalue weighted by Crippen LogP contribution is 2.37. The summed E-state index contributed by atoms with van der Waals surface area (Å²) in [5.41, 5.74) is 5.42. The second-order valence-electron chi connectivity index (χ2n) is 8.43. The molecule has 31 heavy (non-hydrogen) atoms. The summed E-state index contributed by atoms with van der Waals surface area (Å²) in [6.45, 7) is 3.19. The van der Waals surface area contributed by atoms with Gasteiger partial charge < -0.3 is 19.6 Å². The zero-order valence-electron chi connectivity index (χ0n) is 17.8. The van der Waals surface area contributed by atoms with Crippen LogP contribution in [0.2, 0.25) is 0 Å². The first-order chi connectivity index (χ1) is 15.0. The predicted molar refractivity (Wildman–Crippen MR) is 118 cm³/mol. The molecule has 1 saturated heterocycles. The van der Waals surface area contributed by atoms with Gasteiger partial charge in [-0.25, -0.2) is 0 Å². The standard InChI is InChI=1S/C24H26N4O3/c1-15-5-6-16(12-26-15)10-17-11-19-23(22-18(17)4-3-8-25-22)27(2)14-28(24(19)30)20-7-9-31-13-21(20)29/h3-6,8,11-12,20-21,29H,7,9-10,13-14H2,1-2H3/t20-,21-/m0/s1. The molecule has 7 nitrogen and oxygen atoms in total. The van der Waals surface area contributed by atoms with Gasteiger partial charge in [-0.1, -0.05) is 12.1 Å². The summed E-state index contributed by atoms with van der Waals surface area (Å²) < 4.78 is 5.37. The quantitative estimate of drug-likeness (QED) is 0.704. The van der Waals surface area contributed by atoms with E-state index in [4.69, 9.17) is 4.74 Å². The molecule has 2 atom stereocenters. The number of pyridine rings is 2. The number of ether oxygens (including phenoxy) is 1. The smallest absolute Gasteiger partial charge is 0.257 e. The number of anilines is 1. The summed E-state index contributed by atoms with van der Waals surface area (Å²) in [6.07, 6.45) is 4.27. The Morgan fingerprint density at radius 1 is 1.26 bits per heavy atom. The molecular formula is C24H26N4O3. The molecule has 2 aromatic heterocycles. The van der Waals surface area contributed by atoms with Crippen molar-refractivity contribution in [1.82, 2.24) is 14.9 Å². The van der Waals surface area contributed by atoms with Crippen LogP contribution in [0.4, 0.5) is 5.69 Å². The third-order valence-corrected chi connectivity index (χ3v) is 6.25. The number of aryl methyl sites for hydroxylation is 1. The molecule has 1 aromatic carbocycles. The van der Waals surface area contributed by atoms with E-state index >= 15 is 0 Å². The van der Waals surface area contributed by atoms with Crippen molar-refractivity contribution in [1.29, 1.82) is 0 Å². The summed E-state index contributed by atoms with van der Waals surface area (Å²) in [7, 11) is 1.97. The molecule has 3 aromatic rings. The van der Waals surface area contributed by atoms with E-state index in [-0.39, 0.29) is 18.6 Å². The maximum absolute atomic E-state index is 13.6. The Balaban J connectivity index is 1.61. The zero-order chi connectivity index (χ0) is 21.5. The molecule has 1 N–H and O–H groups in total. The Labute approximate surface area is 181 Å². The van der Waals surface area contributed by atoms with Crippen LogP contribution in [0.25, 0.3) is 10.9 Å². The van der Waals surface area contributed by atoms with Crippen LogP contribution in [0, 0.1) is 6.92 Å². The second-order valence-corrected chi connectivity index (χ2v) is 8.43. The molecule has 1 amide bonds. The van der Waals surface area contributed by atoms with Crippen LogP contribution < -0.4 is 4.90 Å². The molecule has 0 spiro atoms. The molecule has 1 fully saturated rings. The van der Waals surface area contributed by atoms with Gasteiger partial charge in [0, 0.05) is 37.1 Å². The van der Waals surface area contributed by atoms with Gasteiger partial charge in [-0.3, -0.25) is 14.8 Å². The largest absolute Gasteiger partial charge is 0.389 e. The van der Waals surface area contributed by atoms with Gasteiger partial charge in [-0.2, -0.15) is 0 Å². The van der Waals surface area contributed by atoms with Crippen LogP contribution in [0.15, 0.2) is 42.7 Å².